The van der Waals surface area contributed by atoms with Crippen molar-refractivity contribution in [2.75, 3.05) is 19.6 Å². The number of piperidine rings is 1. The minimum absolute atomic E-state index is 0.784. The summed E-state index contributed by atoms with van der Waals surface area (Å²) < 4.78 is 0. The Balaban J connectivity index is 1.92. The fraction of sp³-hybridized carbons (Fsp3) is 1.00. The van der Waals surface area contributed by atoms with Crippen LogP contribution in [0.4, 0.5) is 0 Å². The summed E-state index contributed by atoms with van der Waals surface area (Å²) in [4.78, 5) is 2.82. The van der Waals surface area contributed by atoms with Crippen molar-refractivity contribution < 1.29 is 0 Å². The van der Waals surface area contributed by atoms with Gasteiger partial charge in [-0.1, -0.05) is 39.5 Å². The molecule has 1 aliphatic heterocycles. The first-order chi connectivity index (χ1) is 9.35. The highest BCUT2D eigenvalue weighted by Crippen LogP contribution is 2.27. The minimum atomic E-state index is 0.784. The average Bonchev–Trinajstić information content (AvgIpc) is 2.66. The summed E-state index contributed by atoms with van der Waals surface area (Å²) in [5.41, 5.74) is 0. The van der Waals surface area contributed by atoms with Gasteiger partial charge in [0.25, 0.3) is 0 Å². The fourth-order valence-corrected chi connectivity index (χ4v) is 4.20. The van der Waals surface area contributed by atoms with Gasteiger partial charge in [0.15, 0.2) is 0 Å². The normalized spacial score (nSPS) is 34.1. The van der Waals surface area contributed by atoms with Gasteiger partial charge in [-0.3, -0.25) is 0 Å². The number of nitrogens with zero attached hydrogens (tertiary/aromatic N) is 1. The molecule has 112 valence electrons. The minimum Gasteiger partial charge on any atom is -0.314 e. The maximum absolute atomic E-state index is 3.77. The van der Waals surface area contributed by atoms with Gasteiger partial charge in [0, 0.05) is 18.6 Å². The van der Waals surface area contributed by atoms with E-state index in [9.17, 15) is 0 Å². The summed E-state index contributed by atoms with van der Waals surface area (Å²) in [6, 6.07) is 1.66. The summed E-state index contributed by atoms with van der Waals surface area (Å²) in [5.74, 6) is 0.898. The van der Waals surface area contributed by atoms with E-state index in [0.29, 0.717) is 0 Å². The lowest BCUT2D eigenvalue weighted by atomic mass is 9.91. The molecular weight excluding hydrogens is 232 g/mol. The Kier molecular flexibility index (Phi) is 6.66. The first-order valence-corrected chi connectivity index (χ1v) is 8.82. The Bertz CT molecular complexity index is 241. The smallest absolute Gasteiger partial charge is 0.0107 e. The molecule has 2 fully saturated rings. The Morgan fingerprint density at radius 2 is 1.74 bits per heavy atom. The Hall–Kier alpha value is -0.0800. The molecule has 3 unspecified atom stereocenters. The van der Waals surface area contributed by atoms with Gasteiger partial charge >= 0.3 is 0 Å². The predicted molar refractivity (Wildman–Crippen MR) is 83.5 cm³/mol. The van der Waals surface area contributed by atoms with Crippen LogP contribution in [0.5, 0.6) is 0 Å². The van der Waals surface area contributed by atoms with Gasteiger partial charge in [0.1, 0.15) is 0 Å². The molecule has 1 saturated heterocycles. The molecule has 0 spiro atoms. The van der Waals surface area contributed by atoms with Crippen LogP contribution in [0.3, 0.4) is 0 Å². The van der Waals surface area contributed by atoms with Crippen molar-refractivity contribution in [1.29, 1.82) is 0 Å². The van der Waals surface area contributed by atoms with Crippen molar-refractivity contribution in [3.05, 3.63) is 0 Å². The zero-order valence-electron chi connectivity index (χ0n) is 13.2. The van der Waals surface area contributed by atoms with E-state index in [-0.39, 0.29) is 0 Å². The molecule has 0 radical (unpaired) electrons. The third-order valence-electron chi connectivity index (χ3n) is 5.31. The Morgan fingerprint density at radius 3 is 2.53 bits per heavy atom. The molecule has 0 aromatic heterocycles. The van der Waals surface area contributed by atoms with Crippen LogP contribution in [0.15, 0.2) is 0 Å². The summed E-state index contributed by atoms with van der Waals surface area (Å²) >= 11 is 0. The summed E-state index contributed by atoms with van der Waals surface area (Å²) in [6.07, 6.45) is 12.9. The quantitative estimate of drug-likeness (QED) is 0.761. The molecule has 2 nitrogen and oxygen atoms in total. The number of rotatable bonds is 5. The van der Waals surface area contributed by atoms with Crippen LogP contribution in [-0.2, 0) is 0 Å². The van der Waals surface area contributed by atoms with Crippen molar-refractivity contribution in [3.8, 4) is 0 Å². The van der Waals surface area contributed by atoms with Gasteiger partial charge in [0.05, 0.1) is 0 Å². The van der Waals surface area contributed by atoms with E-state index in [1.54, 1.807) is 0 Å². The molecule has 2 aliphatic rings. The fourth-order valence-electron chi connectivity index (χ4n) is 4.20. The first-order valence-electron chi connectivity index (χ1n) is 8.82. The number of hydrogen-bond acceptors (Lipinski definition) is 2. The maximum Gasteiger partial charge on any atom is 0.0107 e. The molecule has 2 rings (SSSR count). The number of likely N-dealkylation sites (tertiary alicyclic amines) is 1. The summed E-state index contributed by atoms with van der Waals surface area (Å²) in [6.45, 7) is 8.48. The van der Waals surface area contributed by atoms with Crippen LogP contribution < -0.4 is 5.32 Å². The van der Waals surface area contributed by atoms with Gasteiger partial charge in [-0.25, -0.2) is 0 Å². The van der Waals surface area contributed by atoms with Gasteiger partial charge in [-0.2, -0.15) is 0 Å². The van der Waals surface area contributed by atoms with Crippen molar-refractivity contribution in [2.24, 2.45) is 5.92 Å². The average molecular weight is 266 g/mol. The topological polar surface area (TPSA) is 15.3 Å². The van der Waals surface area contributed by atoms with Crippen molar-refractivity contribution in [1.82, 2.24) is 10.2 Å². The van der Waals surface area contributed by atoms with Crippen LogP contribution in [-0.4, -0.2) is 36.6 Å². The zero-order valence-corrected chi connectivity index (χ0v) is 13.2. The van der Waals surface area contributed by atoms with Crippen molar-refractivity contribution >= 4 is 0 Å². The van der Waals surface area contributed by atoms with Gasteiger partial charge in [-0.05, 0) is 51.1 Å². The Morgan fingerprint density at radius 1 is 0.947 bits per heavy atom. The van der Waals surface area contributed by atoms with Crippen LogP contribution in [0.1, 0.15) is 71.6 Å². The Labute approximate surface area is 120 Å². The monoisotopic (exact) mass is 266 g/mol. The van der Waals surface area contributed by atoms with Crippen LogP contribution in [0.2, 0.25) is 0 Å². The van der Waals surface area contributed by atoms with Crippen LogP contribution >= 0.6 is 0 Å². The first kappa shape index (κ1) is 15.3. The maximum atomic E-state index is 3.77. The highest BCUT2D eigenvalue weighted by atomic mass is 15.2. The molecule has 0 bridgehead atoms. The van der Waals surface area contributed by atoms with Crippen molar-refractivity contribution in [3.63, 3.8) is 0 Å². The predicted octanol–water partition coefficient (Wildman–Crippen LogP) is 3.81. The molecule has 1 aliphatic carbocycles. The molecule has 0 aromatic carbocycles. The molecule has 3 atom stereocenters. The summed E-state index contributed by atoms with van der Waals surface area (Å²) in [5, 5.41) is 3.77. The molecule has 0 amide bonds. The van der Waals surface area contributed by atoms with Crippen LogP contribution in [0.25, 0.3) is 0 Å². The van der Waals surface area contributed by atoms with E-state index in [1.807, 2.05) is 0 Å². The third kappa shape index (κ3) is 4.46. The molecule has 2 heteroatoms. The second kappa shape index (κ2) is 8.26. The third-order valence-corrected chi connectivity index (χ3v) is 5.31. The van der Waals surface area contributed by atoms with E-state index >= 15 is 0 Å². The summed E-state index contributed by atoms with van der Waals surface area (Å²) in [7, 11) is 0. The lowest BCUT2D eigenvalue weighted by molar-refractivity contribution is 0.107. The standard InChI is InChI=1S/C17H34N2/c1-3-16-11-8-9-13-19(16)14-15-10-6-5-7-12-17(15)18-4-2/h15-18H,3-14H2,1-2H3. The molecule has 1 saturated carbocycles. The molecule has 19 heavy (non-hydrogen) atoms. The van der Waals surface area contributed by atoms with Gasteiger partial charge in [0.2, 0.25) is 0 Å². The second-order valence-corrected chi connectivity index (χ2v) is 6.62. The molecular formula is C17H34N2. The molecule has 1 heterocycles. The SMILES string of the molecule is CCNC1CCCCCC1CN1CCCCC1CC. The molecule has 1 N–H and O–H groups in total. The van der Waals surface area contributed by atoms with Crippen molar-refractivity contribution in [2.45, 2.75) is 83.7 Å². The zero-order chi connectivity index (χ0) is 13.5. The second-order valence-electron chi connectivity index (χ2n) is 6.62. The van der Waals surface area contributed by atoms with Crippen LogP contribution in [0, 0.1) is 5.92 Å². The van der Waals surface area contributed by atoms with E-state index in [2.05, 4.69) is 24.1 Å². The number of nitrogens with one attached hydrogen (secondary N) is 1. The largest absolute Gasteiger partial charge is 0.314 e. The highest BCUT2D eigenvalue weighted by molar-refractivity contribution is 4.85. The lowest BCUT2D eigenvalue weighted by Crippen LogP contribution is -2.47. The molecule has 0 aromatic rings. The van der Waals surface area contributed by atoms with Gasteiger partial charge < -0.3 is 10.2 Å². The number of hydrogen-bond donors (Lipinski definition) is 1. The van der Waals surface area contributed by atoms with E-state index < -0.39 is 0 Å². The van der Waals surface area contributed by atoms with Gasteiger partial charge in [-0.15, -0.1) is 0 Å². The van der Waals surface area contributed by atoms with E-state index in [1.165, 1.54) is 70.9 Å². The highest BCUT2D eigenvalue weighted by Gasteiger charge is 2.28. The lowest BCUT2D eigenvalue weighted by Gasteiger charge is -2.39. The van der Waals surface area contributed by atoms with E-state index in [4.69, 9.17) is 0 Å². The van der Waals surface area contributed by atoms with E-state index in [0.717, 1.165) is 24.5 Å².